The smallest absolute Gasteiger partial charge is 0.254 e. The van der Waals surface area contributed by atoms with E-state index >= 15 is 0 Å². The molecule has 2 aliphatic rings. The molecule has 24 heavy (non-hydrogen) atoms. The number of nitrogens with one attached hydrogen (secondary N) is 1. The summed E-state index contributed by atoms with van der Waals surface area (Å²) in [7, 11) is 0. The van der Waals surface area contributed by atoms with Crippen molar-refractivity contribution in [2.24, 2.45) is 0 Å². The number of hydrogen-bond acceptors (Lipinski definition) is 3. The van der Waals surface area contributed by atoms with Crippen LogP contribution in [0.2, 0.25) is 0 Å². The molecule has 5 heteroatoms. The van der Waals surface area contributed by atoms with Crippen LogP contribution in [0.15, 0.2) is 30.3 Å². The molecule has 1 saturated carbocycles. The third kappa shape index (κ3) is 3.78. The molecule has 1 aromatic carbocycles. The Bertz CT molecular complexity index is 582. The Morgan fingerprint density at radius 1 is 1.12 bits per heavy atom. The van der Waals surface area contributed by atoms with E-state index in [9.17, 15) is 14.7 Å². The zero-order chi connectivity index (χ0) is 17.0. The normalized spacial score (nSPS) is 23.0. The molecule has 0 bridgehead atoms. The van der Waals surface area contributed by atoms with Crippen molar-refractivity contribution in [2.75, 3.05) is 13.1 Å². The third-order valence-corrected chi connectivity index (χ3v) is 5.21. The van der Waals surface area contributed by atoms with E-state index in [1.807, 2.05) is 18.2 Å². The van der Waals surface area contributed by atoms with Gasteiger partial charge in [-0.25, -0.2) is 0 Å². The van der Waals surface area contributed by atoms with Crippen LogP contribution in [0.3, 0.4) is 0 Å². The van der Waals surface area contributed by atoms with Gasteiger partial charge in [0.15, 0.2) is 0 Å². The van der Waals surface area contributed by atoms with Crippen LogP contribution >= 0.6 is 0 Å². The van der Waals surface area contributed by atoms with E-state index in [4.69, 9.17) is 0 Å². The van der Waals surface area contributed by atoms with Gasteiger partial charge >= 0.3 is 0 Å². The fourth-order valence-electron chi connectivity index (χ4n) is 3.77. The number of carbonyl (C=O) groups is 2. The number of amides is 2. The van der Waals surface area contributed by atoms with Gasteiger partial charge in [0, 0.05) is 18.7 Å². The number of hydrogen-bond donors (Lipinski definition) is 2. The second-order valence-corrected chi connectivity index (χ2v) is 7.03. The van der Waals surface area contributed by atoms with Gasteiger partial charge < -0.3 is 15.3 Å². The van der Waals surface area contributed by atoms with Gasteiger partial charge in [0.25, 0.3) is 5.91 Å². The molecular formula is C19H26N2O3. The summed E-state index contributed by atoms with van der Waals surface area (Å²) in [6.45, 7) is 0.895. The second kappa shape index (κ2) is 7.34. The maximum absolute atomic E-state index is 12.7. The topological polar surface area (TPSA) is 69.6 Å². The lowest BCUT2D eigenvalue weighted by molar-refractivity contribution is -0.127. The molecule has 1 saturated heterocycles. The van der Waals surface area contributed by atoms with Gasteiger partial charge in [0.05, 0.1) is 5.60 Å². The summed E-state index contributed by atoms with van der Waals surface area (Å²) in [5.74, 6) is -0.227. The van der Waals surface area contributed by atoms with Crippen LogP contribution < -0.4 is 5.32 Å². The van der Waals surface area contributed by atoms with Crippen molar-refractivity contribution in [1.82, 2.24) is 10.2 Å². The van der Waals surface area contributed by atoms with Gasteiger partial charge in [-0.15, -0.1) is 0 Å². The number of rotatable bonds is 4. The quantitative estimate of drug-likeness (QED) is 0.888. The highest BCUT2D eigenvalue weighted by Gasteiger charge is 2.35. The van der Waals surface area contributed by atoms with E-state index in [1.165, 1.54) is 0 Å². The second-order valence-electron chi connectivity index (χ2n) is 7.03. The Morgan fingerprint density at radius 2 is 1.83 bits per heavy atom. The van der Waals surface area contributed by atoms with Crippen molar-refractivity contribution in [3.63, 3.8) is 0 Å². The van der Waals surface area contributed by atoms with Gasteiger partial charge in [-0.2, -0.15) is 0 Å². The summed E-state index contributed by atoms with van der Waals surface area (Å²) >= 11 is 0. The summed E-state index contributed by atoms with van der Waals surface area (Å²) in [5, 5.41) is 13.3. The number of piperidine rings is 1. The molecule has 1 aromatic rings. The van der Waals surface area contributed by atoms with Crippen LogP contribution in [0, 0.1) is 0 Å². The average Bonchev–Trinajstić information content (AvgIpc) is 3.07. The zero-order valence-electron chi connectivity index (χ0n) is 14.0. The molecule has 2 fully saturated rings. The molecule has 1 aliphatic carbocycles. The summed E-state index contributed by atoms with van der Waals surface area (Å²) in [5.41, 5.74) is -0.148. The Hall–Kier alpha value is -1.88. The largest absolute Gasteiger partial charge is 0.388 e. The first kappa shape index (κ1) is 17.0. The van der Waals surface area contributed by atoms with Crippen molar-refractivity contribution < 1.29 is 14.7 Å². The lowest BCUT2D eigenvalue weighted by Gasteiger charge is -2.35. The van der Waals surface area contributed by atoms with Crippen molar-refractivity contribution in [2.45, 2.75) is 56.6 Å². The third-order valence-electron chi connectivity index (χ3n) is 5.21. The Labute approximate surface area is 143 Å². The van der Waals surface area contributed by atoms with Gasteiger partial charge in [0.1, 0.15) is 6.04 Å². The van der Waals surface area contributed by atoms with Gasteiger partial charge in [-0.3, -0.25) is 9.59 Å². The van der Waals surface area contributed by atoms with E-state index in [0.29, 0.717) is 18.5 Å². The van der Waals surface area contributed by atoms with Crippen molar-refractivity contribution in [3.8, 4) is 0 Å². The summed E-state index contributed by atoms with van der Waals surface area (Å²) < 4.78 is 0. The van der Waals surface area contributed by atoms with Gasteiger partial charge in [0.2, 0.25) is 5.91 Å². The molecule has 0 aromatic heterocycles. The number of carbonyl (C=O) groups excluding carboxylic acids is 2. The summed E-state index contributed by atoms with van der Waals surface area (Å²) in [6, 6.07) is 8.68. The molecule has 5 nitrogen and oxygen atoms in total. The van der Waals surface area contributed by atoms with Crippen molar-refractivity contribution in [3.05, 3.63) is 35.9 Å². The summed E-state index contributed by atoms with van der Waals surface area (Å²) in [4.78, 5) is 27.0. The Morgan fingerprint density at radius 3 is 2.54 bits per heavy atom. The molecule has 0 radical (unpaired) electrons. The predicted octanol–water partition coefficient (Wildman–Crippen LogP) is 2.10. The minimum absolute atomic E-state index is 0.0879. The van der Waals surface area contributed by atoms with Crippen LogP contribution in [0.4, 0.5) is 0 Å². The molecular weight excluding hydrogens is 304 g/mol. The SMILES string of the molecule is O=C(NCC1(O)CCCC1)C1CCCCN1C(=O)c1ccccc1. The first-order valence-electron chi connectivity index (χ1n) is 8.95. The van der Waals surface area contributed by atoms with E-state index in [2.05, 4.69) is 5.32 Å². The number of benzene rings is 1. The van der Waals surface area contributed by atoms with Crippen LogP contribution in [0.1, 0.15) is 55.3 Å². The molecule has 1 aliphatic heterocycles. The Kier molecular flexibility index (Phi) is 5.19. The van der Waals surface area contributed by atoms with E-state index in [1.54, 1.807) is 17.0 Å². The molecule has 1 heterocycles. The van der Waals surface area contributed by atoms with E-state index in [0.717, 1.165) is 38.5 Å². The molecule has 1 unspecified atom stereocenters. The monoisotopic (exact) mass is 330 g/mol. The molecule has 1 atom stereocenters. The first-order chi connectivity index (χ1) is 11.6. The minimum Gasteiger partial charge on any atom is -0.388 e. The lowest BCUT2D eigenvalue weighted by Crippen LogP contribution is -2.54. The average molecular weight is 330 g/mol. The van der Waals surface area contributed by atoms with Crippen molar-refractivity contribution in [1.29, 1.82) is 0 Å². The molecule has 130 valence electrons. The highest BCUT2D eigenvalue weighted by atomic mass is 16.3. The van der Waals surface area contributed by atoms with Crippen molar-refractivity contribution >= 4 is 11.8 Å². The number of likely N-dealkylation sites (tertiary alicyclic amines) is 1. The van der Waals surface area contributed by atoms with Crippen LogP contribution in [-0.4, -0.2) is 46.6 Å². The lowest BCUT2D eigenvalue weighted by atomic mass is 9.98. The van der Waals surface area contributed by atoms with E-state index in [-0.39, 0.29) is 18.4 Å². The zero-order valence-corrected chi connectivity index (χ0v) is 14.0. The molecule has 3 rings (SSSR count). The van der Waals surface area contributed by atoms with Crippen LogP contribution in [0.5, 0.6) is 0 Å². The first-order valence-corrected chi connectivity index (χ1v) is 8.95. The highest BCUT2D eigenvalue weighted by molar-refractivity contribution is 5.97. The van der Waals surface area contributed by atoms with Crippen LogP contribution in [-0.2, 0) is 4.79 Å². The fraction of sp³-hybridized carbons (Fsp3) is 0.579. The standard InChI is InChI=1S/C19H26N2O3/c22-17(20-14-19(24)11-5-6-12-19)16-10-4-7-13-21(16)18(23)15-8-2-1-3-9-15/h1-3,8-9,16,24H,4-7,10-14H2,(H,20,22). The number of aliphatic hydroxyl groups is 1. The molecule has 0 spiro atoms. The minimum atomic E-state index is -0.765. The molecule has 2 amide bonds. The summed E-state index contributed by atoms with van der Waals surface area (Å²) in [6.07, 6.45) is 6.05. The van der Waals surface area contributed by atoms with E-state index < -0.39 is 11.6 Å². The number of nitrogens with zero attached hydrogens (tertiary/aromatic N) is 1. The maximum atomic E-state index is 12.7. The predicted molar refractivity (Wildman–Crippen MR) is 91.5 cm³/mol. The highest BCUT2D eigenvalue weighted by Crippen LogP contribution is 2.29. The van der Waals surface area contributed by atoms with Gasteiger partial charge in [-0.1, -0.05) is 31.0 Å². The Balaban J connectivity index is 1.65. The van der Waals surface area contributed by atoms with Crippen LogP contribution in [0.25, 0.3) is 0 Å². The maximum Gasteiger partial charge on any atom is 0.254 e. The van der Waals surface area contributed by atoms with Gasteiger partial charge in [-0.05, 0) is 44.2 Å². The fourth-order valence-corrected chi connectivity index (χ4v) is 3.77. The molecule has 2 N–H and O–H groups in total.